The monoisotopic (exact) mass is 349 g/mol. The number of rotatable bonds is 4. The second kappa shape index (κ2) is 7.13. The van der Waals surface area contributed by atoms with Gasteiger partial charge in [0.2, 0.25) is 11.8 Å². The van der Waals surface area contributed by atoms with E-state index in [1.807, 2.05) is 13.0 Å². The van der Waals surface area contributed by atoms with Crippen LogP contribution in [-0.2, 0) is 9.53 Å². The lowest BCUT2D eigenvalue weighted by molar-refractivity contribution is -0.122. The molecule has 7 nitrogen and oxygen atoms in total. The highest BCUT2D eigenvalue weighted by Gasteiger charge is 2.42. The molecule has 0 radical (unpaired) electrons. The van der Waals surface area contributed by atoms with Gasteiger partial charge in [-0.1, -0.05) is 12.7 Å². The number of carbonyl (C=O) groups excluding carboxylic acids is 2. The Bertz CT molecular complexity index is 688. The van der Waals surface area contributed by atoms with Crippen LogP contribution in [0.5, 0.6) is 5.88 Å². The Labute approximate surface area is 149 Å². The fourth-order valence-corrected chi connectivity index (χ4v) is 2.72. The van der Waals surface area contributed by atoms with Crippen LogP contribution in [0.2, 0.25) is 0 Å². The second-order valence-electron chi connectivity index (χ2n) is 7.08. The summed E-state index contributed by atoms with van der Waals surface area (Å²) in [5, 5.41) is 0. The number of aromatic nitrogens is 1. The Balaban J connectivity index is 0.00000338. The maximum Gasteiger partial charge on any atom is 0.411 e. The topological polar surface area (TPSA) is 94.8 Å². The first-order valence-electron chi connectivity index (χ1n) is 8.16. The molecule has 1 aromatic heterocycles. The van der Waals surface area contributed by atoms with Crippen LogP contribution in [0.15, 0.2) is 18.8 Å². The van der Waals surface area contributed by atoms with Crippen molar-refractivity contribution in [1.82, 2.24) is 9.88 Å². The fourth-order valence-electron chi connectivity index (χ4n) is 2.72. The molecule has 7 heteroatoms. The number of hydrogen-bond donors (Lipinski definition) is 1. The zero-order chi connectivity index (χ0) is 18.8. The van der Waals surface area contributed by atoms with E-state index < -0.39 is 29.7 Å². The first-order valence-corrected chi connectivity index (χ1v) is 8.16. The molecule has 1 fully saturated rings. The number of primary amides is 1. The van der Waals surface area contributed by atoms with Gasteiger partial charge >= 0.3 is 6.09 Å². The van der Waals surface area contributed by atoms with Gasteiger partial charge in [0.1, 0.15) is 17.7 Å². The first kappa shape index (κ1) is 18.8. The van der Waals surface area contributed by atoms with Gasteiger partial charge < -0.3 is 15.2 Å². The number of hydrogen-bond acceptors (Lipinski definition) is 5. The zero-order valence-corrected chi connectivity index (χ0v) is 15.1. The number of ether oxygens (including phenoxy) is 2. The van der Waals surface area contributed by atoms with Gasteiger partial charge in [-0.3, -0.25) is 9.69 Å². The summed E-state index contributed by atoms with van der Waals surface area (Å²) in [6.07, 6.45) is 2.62. The molecule has 0 saturated carbocycles. The van der Waals surface area contributed by atoms with Crippen molar-refractivity contribution < 1.29 is 20.5 Å². The summed E-state index contributed by atoms with van der Waals surface area (Å²) in [5.74, 6) is -0.160. The van der Waals surface area contributed by atoms with Crippen molar-refractivity contribution in [2.24, 2.45) is 5.73 Å². The van der Waals surface area contributed by atoms with E-state index in [1.54, 1.807) is 33.0 Å². The van der Waals surface area contributed by atoms with Crippen LogP contribution in [0.3, 0.4) is 0 Å². The van der Waals surface area contributed by atoms with Gasteiger partial charge in [-0.15, -0.1) is 0 Å². The van der Waals surface area contributed by atoms with E-state index in [-0.39, 0.29) is 7.97 Å². The molecule has 0 bridgehead atoms. The van der Waals surface area contributed by atoms with Crippen molar-refractivity contribution in [3.05, 3.63) is 30.0 Å². The van der Waals surface area contributed by atoms with E-state index in [0.717, 1.165) is 11.1 Å². The second-order valence-corrected chi connectivity index (χ2v) is 7.08. The third-order valence-electron chi connectivity index (χ3n) is 3.87. The van der Waals surface area contributed by atoms with Gasteiger partial charge in [0.15, 0.2) is 0 Å². The Hall–Kier alpha value is -2.57. The van der Waals surface area contributed by atoms with Crippen LogP contribution in [0, 0.1) is 6.92 Å². The Kier molecular flexibility index (Phi) is 5.35. The average molecular weight is 349 g/mol. The van der Waals surface area contributed by atoms with Gasteiger partial charge in [-0.05, 0) is 39.3 Å². The number of nitrogens with two attached hydrogens (primary N) is 1. The molecule has 25 heavy (non-hydrogen) atoms. The molecule has 2 atom stereocenters. The molecule has 1 aliphatic heterocycles. The molecule has 2 heterocycles. The number of carbonyl (C=O) groups is 2. The maximum absolute atomic E-state index is 12.4. The number of likely N-dealkylation sites (tertiary alicyclic amines) is 1. The molecule has 138 valence electrons. The van der Waals surface area contributed by atoms with Crippen molar-refractivity contribution >= 4 is 18.1 Å². The Morgan fingerprint density at radius 3 is 2.72 bits per heavy atom. The van der Waals surface area contributed by atoms with Crippen LogP contribution in [0.4, 0.5) is 4.79 Å². The quantitative estimate of drug-likeness (QED) is 0.901. The molecular weight excluding hydrogens is 322 g/mol. The fraction of sp³-hybridized carbons (Fsp3) is 0.500. The Morgan fingerprint density at radius 1 is 1.48 bits per heavy atom. The highest BCUT2D eigenvalue weighted by molar-refractivity contribution is 5.85. The molecule has 1 aromatic rings. The highest BCUT2D eigenvalue weighted by Crippen LogP contribution is 2.27. The smallest absolute Gasteiger partial charge is 0.411 e. The summed E-state index contributed by atoms with van der Waals surface area (Å²) < 4.78 is 11.3. The van der Waals surface area contributed by atoms with E-state index >= 15 is 0 Å². The molecule has 2 amide bonds. The minimum absolute atomic E-state index is 0. The third kappa shape index (κ3) is 4.49. The van der Waals surface area contributed by atoms with Crippen molar-refractivity contribution in [3.8, 4) is 5.88 Å². The average Bonchev–Trinajstić information content (AvgIpc) is 2.90. The van der Waals surface area contributed by atoms with E-state index in [9.17, 15) is 9.59 Å². The molecular formula is C18H27N3O4. The minimum atomic E-state index is -0.767. The molecule has 1 saturated heterocycles. The minimum Gasteiger partial charge on any atom is -0.472 e. The molecule has 1 unspecified atom stereocenters. The van der Waals surface area contributed by atoms with Crippen molar-refractivity contribution in [2.45, 2.75) is 51.9 Å². The van der Waals surface area contributed by atoms with Crippen LogP contribution in [-0.4, -0.2) is 46.2 Å². The molecule has 2 N–H and O–H groups in total. The SMILES string of the molecule is C=Cc1c(C)ccnc1O[C@@H]1CC(C(N)=O)N(C(=O)OC(C)(C)C)C1.[HH]. The van der Waals surface area contributed by atoms with Gasteiger partial charge in [-0.25, -0.2) is 9.78 Å². The van der Waals surface area contributed by atoms with Gasteiger partial charge in [0.25, 0.3) is 0 Å². The lowest BCUT2D eigenvalue weighted by Gasteiger charge is -2.27. The summed E-state index contributed by atoms with van der Waals surface area (Å²) in [7, 11) is 0. The van der Waals surface area contributed by atoms with Crippen molar-refractivity contribution in [1.29, 1.82) is 0 Å². The standard InChI is InChI=1S/C18H25N3O4.H2/c1-6-13-11(2)7-8-20-16(13)24-12-9-14(15(19)22)21(10-12)17(23)25-18(3,4)5;/h6-8,12,14H,1,9-10H2,2-5H3,(H2,19,22);1H/t12-,14?;/m1./s1. The molecule has 0 aliphatic carbocycles. The lowest BCUT2D eigenvalue weighted by Crippen LogP contribution is -2.45. The first-order chi connectivity index (χ1) is 11.6. The maximum atomic E-state index is 12.4. The van der Waals surface area contributed by atoms with Gasteiger partial charge in [0.05, 0.1) is 6.54 Å². The lowest BCUT2D eigenvalue weighted by atomic mass is 10.1. The zero-order valence-electron chi connectivity index (χ0n) is 15.1. The molecule has 1 aliphatic rings. The summed E-state index contributed by atoms with van der Waals surface area (Å²) in [6, 6.07) is 1.09. The van der Waals surface area contributed by atoms with E-state index in [1.165, 1.54) is 4.90 Å². The van der Waals surface area contributed by atoms with Crippen LogP contribution < -0.4 is 10.5 Å². The predicted octanol–water partition coefficient (Wildman–Crippen LogP) is 2.52. The summed E-state index contributed by atoms with van der Waals surface area (Å²) in [5.41, 5.74) is 6.56. The number of amides is 2. The largest absolute Gasteiger partial charge is 0.472 e. The van der Waals surface area contributed by atoms with Crippen LogP contribution >= 0.6 is 0 Å². The third-order valence-corrected chi connectivity index (χ3v) is 3.87. The van der Waals surface area contributed by atoms with E-state index in [4.69, 9.17) is 15.2 Å². The number of nitrogens with zero attached hydrogens (tertiary/aromatic N) is 2. The summed E-state index contributed by atoms with van der Waals surface area (Å²) >= 11 is 0. The van der Waals surface area contributed by atoms with Crippen molar-refractivity contribution in [2.75, 3.05) is 6.54 Å². The summed E-state index contributed by atoms with van der Waals surface area (Å²) in [6.45, 7) is 11.2. The van der Waals surface area contributed by atoms with E-state index in [2.05, 4.69) is 11.6 Å². The van der Waals surface area contributed by atoms with Gasteiger partial charge in [0, 0.05) is 19.6 Å². The predicted molar refractivity (Wildman–Crippen MR) is 96.1 cm³/mol. The highest BCUT2D eigenvalue weighted by atomic mass is 16.6. The molecule has 0 spiro atoms. The number of aryl methyl sites for hydroxylation is 1. The Morgan fingerprint density at radius 2 is 2.16 bits per heavy atom. The molecule has 0 aromatic carbocycles. The van der Waals surface area contributed by atoms with Crippen molar-refractivity contribution in [3.63, 3.8) is 0 Å². The van der Waals surface area contributed by atoms with Gasteiger partial charge in [-0.2, -0.15) is 0 Å². The van der Waals surface area contributed by atoms with E-state index in [0.29, 0.717) is 12.3 Å². The number of pyridine rings is 1. The molecule has 2 rings (SSSR count). The van der Waals surface area contributed by atoms with Crippen LogP contribution in [0.25, 0.3) is 6.08 Å². The summed E-state index contributed by atoms with van der Waals surface area (Å²) in [4.78, 5) is 29.7. The normalized spacial score (nSPS) is 20.2. The van der Waals surface area contributed by atoms with Crippen LogP contribution in [0.1, 0.15) is 39.7 Å².